The lowest BCUT2D eigenvalue weighted by atomic mass is 10.1. The van der Waals surface area contributed by atoms with Gasteiger partial charge in [0.25, 0.3) is 0 Å². The number of carboxylic acid groups (broad SMARTS) is 1. The normalized spacial score (nSPS) is 11.6. The van der Waals surface area contributed by atoms with Gasteiger partial charge in [-0.1, -0.05) is 30.0 Å². The molecule has 0 aliphatic heterocycles. The second-order valence-corrected chi connectivity index (χ2v) is 5.66. The summed E-state index contributed by atoms with van der Waals surface area (Å²) in [7, 11) is 0. The van der Waals surface area contributed by atoms with E-state index in [1.165, 1.54) is 0 Å². The molecule has 2 N–H and O–H groups in total. The van der Waals surface area contributed by atoms with Crippen LogP contribution in [0.5, 0.6) is 0 Å². The SMILES string of the molecule is CC(C)(O)c1nnc(SCC(=O)O)n1-c1ccccc1. The van der Waals surface area contributed by atoms with Crippen LogP contribution >= 0.6 is 11.8 Å². The molecule has 0 saturated carbocycles. The number of aliphatic hydroxyl groups is 1. The van der Waals surface area contributed by atoms with Crippen LogP contribution in [0.3, 0.4) is 0 Å². The number of carbonyl (C=O) groups is 1. The number of para-hydroxylation sites is 1. The molecular formula is C13H15N3O3S. The molecule has 1 aromatic heterocycles. The second kappa shape index (κ2) is 5.64. The van der Waals surface area contributed by atoms with Crippen LogP contribution < -0.4 is 0 Å². The minimum atomic E-state index is -1.18. The van der Waals surface area contributed by atoms with Gasteiger partial charge in [0.15, 0.2) is 11.0 Å². The molecule has 0 unspecified atom stereocenters. The van der Waals surface area contributed by atoms with Crippen molar-refractivity contribution >= 4 is 17.7 Å². The van der Waals surface area contributed by atoms with Crippen molar-refractivity contribution in [3.8, 4) is 5.69 Å². The highest BCUT2D eigenvalue weighted by molar-refractivity contribution is 7.99. The molecule has 0 aliphatic rings. The van der Waals surface area contributed by atoms with Gasteiger partial charge in [0.2, 0.25) is 0 Å². The van der Waals surface area contributed by atoms with Crippen LogP contribution in [0.4, 0.5) is 0 Å². The first-order chi connectivity index (χ1) is 9.39. The quantitative estimate of drug-likeness (QED) is 0.815. The molecule has 2 aromatic rings. The van der Waals surface area contributed by atoms with Crippen molar-refractivity contribution in [2.24, 2.45) is 0 Å². The molecule has 7 heteroatoms. The van der Waals surface area contributed by atoms with E-state index in [0.717, 1.165) is 17.4 Å². The van der Waals surface area contributed by atoms with E-state index < -0.39 is 11.6 Å². The minimum absolute atomic E-state index is 0.114. The Labute approximate surface area is 120 Å². The lowest BCUT2D eigenvalue weighted by Gasteiger charge is -2.18. The van der Waals surface area contributed by atoms with Gasteiger partial charge in [-0.15, -0.1) is 10.2 Å². The number of thioether (sulfide) groups is 1. The lowest BCUT2D eigenvalue weighted by Crippen LogP contribution is -2.22. The van der Waals surface area contributed by atoms with Crippen molar-refractivity contribution in [1.82, 2.24) is 14.8 Å². The van der Waals surface area contributed by atoms with E-state index in [1.54, 1.807) is 18.4 Å². The number of aromatic nitrogens is 3. The standard InChI is InChI=1S/C13H15N3O3S/c1-13(2,19)11-14-15-12(20-8-10(17)18)16(11)9-6-4-3-5-7-9/h3-7,19H,8H2,1-2H3,(H,17,18). The van der Waals surface area contributed by atoms with Gasteiger partial charge in [-0.05, 0) is 26.0 Å². The maximum Gasteiger partial charge on any atom is 0.313 e. The summed E-state index contributed by atoms with van der Waals surface area (Å²) in [6.07, 6.45) is 0. The third-order valence-electron chi connectivity index (χ3n) is 2.52. The van der Waals surface area contributed by atoms with Gasteiger partial charge in [0.1, 0.15) is 5.60 Å². The Morgan fingerprint density at radius 2 is 1.95 bits per heavy atom. The smallest absolute Gasteiger partial charge is 0.313 e. The van der Waals surface area contributed by atoms with E-state index in [1.807, 2.05) is 30.3 Å². The summed E-state index contributed by atoms with van der Waals surface area (Å²) in [5.41, 5.74) is -0.396. The van der Waals surface area contributed by atoms with Crippen LogP contribution in [0.2, 0.25) is 0 Å². The number of hydrogen-bond acceptors (Lipinski definition) is 5. The monoisotopic (exact) mass is 293 g/mol. The predicted octanol–water partition coefficient (Wildman–Crippen LogP) is 1.67. The molecule has 1 aromatic carbocycles. The van der Waals surface area contributed by atoms with Gasteiger partial charge >= 0.3 is 5.97 Å². The summed E-state index contributed by atoms with van der Waals surface area (Å²) in [6, 6.07) is 9.29. The third-order valence-corrected chi connectivity index (χ3v) is 3.43. The zero-order chi connectivity index (χ0) is 14.8. The molecule has 0 atom stereocenters. The highest BCUT2D eigenvalue weighted by Crippen LogP contribution is 2.27. The van der Waals surface area contributed by atoms with Crippen molar-refractivity contribution in [1.29, 1.82) is 0 Å². The first-order valence-electron chi connectivity index (χ1n) is 5.98. The molecule has 0 fully saturated rings. The van der Waals surface area contributed by atoms with Crippen LogP contribution in [0.1, 0.15) is 19.7 Å². The lowest BCUT2D eigenvalue weighted by molar-refractivity contribution is -0.133. The van der Waals surface area contributed by atoms with Gasteiger partial charge in [0.05, 0.1) is 5.75 Å². The summed E-state index contributed by atoms with van der Waals surface area (Å²) in [6.45, 7) is 3.23. The Morgan fingerprint density at radius 1 is 1.30 bits per heavy atom. The van der Waals surface area contributed by atoms with Gasteiger partial charge in [0, 0.05) is 5.69 Å². The average molecular weight is 293 g/mol. The molecule has 20 heavy (non-hydrogen) atoms. The van der Waals surface area contributed by atoms with Crippen LogP contribution in [-0.2, 0) is 10.4 Å². The van der Waals surface area contributed by atoms with E-state index >= 15 is 0 Å². The highest BCUT2D eigenvalue weighted by Gasteiger charge is 2.27. The average Bonchev–Trinajstić information content (AvgIpc) is 2.81. The number of rotatable bonds is 5. The molecule has 0 amide bonds. The number of aliphatic carboxylic acids is 1. The summed E-state index contributed by atoms with van der Waals surface area (Å²) in [5, 5.41) is 27.4. The van der Waals surface area contributed by atoms with Crippen molar-refractivity contribution in [3.63, 3.8) is 0 Å². The molecule has 6 nitrogen and oxygen atoms in total. The first kappa shape index (κ1) is 14.5. The Kier molecular flexibility index (Phi) is 4.10. The van der Waals surface area contributed by atoms with Crippen LogP contribution in [0.15, 0.2) is 35.5 Å². The predicted molar refractivity (Wildman–Crippen MR) is 75.0 cm³/mol. The first-order valence-corrected chi connectivity index (χ1v) is 6.96. The maximum absolute atomic E-state index is 10.7. The number of nitrogens with zero attached hydrogens (tertiary/aromatic N) is 3. The van der Waals surface area contributed by atoms with Crippen molar-refractivity contribution in [3.05, 3.63) is 36.2 Å². The zero-order valence-corrected chi connectivity index (χ0v) is 12.0. The van der Waals surface area contributed by atoms with Crippen LogP contribution in [0, 0.1) is 0 Å². The van der Waals surface area contributed by atoms with Crippen LogP contribution in [0.25, 0.3) is 5.69 Å². The van der Waals surface area contributed by atoms with Crippen molar-refractivity contribution < 1.29 is 15.0 Å². The fourth-order valence-corrected chi connectivity index (χ4v) is 2.37. The van der Waals surface area contributed by atoms with Gasteiger partial charge < -0.3 is 10.2 Å². The fourth-order valence-electron chi connectivity index (χ4n) is 1.70. The largest absolute Gasteiger partial charge is 0.481 e. The molecule has 0 aliphatic carbocycles. The maximum atomic E-state index is 10.7. The molecule has 0 spiro atoms. The Bertz CT molecular complexity index is 605. The van der Waals surface area contributed by atoms with Crippen molar-refractivity contribution in [2.75, 3.05) is 5.75 Å². The van der Waals surface area contributed by atoms with Gasteiger partial charge in [-0.3, -0.25) is 9.36 Å². The van der Waals surface area contributed by atoms with Crippen LogP contribution in [-0.4, -0.2) is 36.7 Å². The van der Waals surface area contributed by atoms with E-state index in [4.69, 9.17) is 5.11 Å². The topological polar surface area (TPSA) is 88.2 Å². The van der Waals surface area contributed by atoms with E-state index in [9.17, 15) is 9.90 Å². The Hall–Kier alpha value is -1.86. The molecule has 0 saturated heterocycles. The summed E-state index contributed by atoms with van der Waals surface area (Å²) in [4.78, 5) is 10.7. The van der Waals surface area contributed by atoms with Gasteiger partial charge in [-0.2, -0.15) is 0 Å². The highest BCUT2D eigenvalue weighted by atomic mass is 32.2. The number of hydrogen-bond donors (Lipinski definition) is 2. The summed E-state index contributed by atoms with van der Waals surface area (Å²) < 4.78 is 1.67. The van der Waals surface area contributed by atoms with Gasteiger partial charge in [-0.25, -0.2) is 0 Å². The molecule has 2 rings (SSSR count). The van der Waals surface area contributed by atoms with E-state index in [0.29, 0.717) is 11.0 Å². The molecule has 1 heterocycles. The minimum Gasteiger partial charge on any atom is -0.481 e. The number of benzene rings is 1. The van der Waals surface area contributed by atoms with Crippen molar-refractivity contribution in [2.45, 2.75) is 24.6 Å². The zero-order valence-electron chi connectivity index (χ0n) is 11.1. The third kappa shape index (κ3) is 3.17. The molecule has 0 bridgehead atoms. The van der Waals surface area contributed by atoms with E-state index in [2.05, 4.69) is 10.2 Å². The number of carboxylic acids is 1. The fraction of sp³-hybridized carbons (Fsp3) is 0.308. The molecular weight excluding hydrogens is 278 g/mol. The Balaban J connectivity index is 2.49. The Morgan fingerprint density at radius 3 is 2.50 bits per heavy atom. The second-order valence-electron chi connectivity index (χ2n) is 4.72. The summed E-state index contributed by atoms with van der Waals surface area (Å²) in [5.74, 6) is -0.671. The molecule has 106 valence electrons. The van der Waals surface area contributed by atoms with E-state index in [-0.39, 0.29) is 5.75 Å². The molecule has 0 radical (unpaired) electrons. The summed E-state index contributed by atoms with van der Waals surface area (Å²) >= 11 is 1.07.